The lowest BCUT2D eigenvalue weighted by molar-refractivity contribution is -0.129. The van der Waals surface area contributed by atoms with E-state index in [9.17, 15) is 4.79 Å². The Labute approximate surface area is 154 Å². The number of nitrogens with zero attached hydrogens (tertiary/aromatic N) is 3. The number of amides is 1. The maximum Gasteiger partial charge on any atom is 0.253 e. The van der Waals surface area contributed by atoms with E-state index in [4.69, 9.17) is 4.74 Å². The molecule has 1 amide bonds. The second-order valence-electron chi connectivity index (χ2n) is 7.30. The molecular formula is C20H26N4O2. The summed E-state index contributed by atoms with van der Waals surface area (Å²) in [6.45, 7) is 2.80. The molecule has 1 fully saturated rings. The summed E-state index contributed by atoms with van der Waals surface area (Å²) in [7, 11) is 0. The van der Waals surface area contributed by atoms with E-state index in [1.807, 2.05) is 31.2 Å². The van der Waals surface area contributed by atoms with Crippen molar-refractivity contribution in [3.8, 4) is 11.4 Å². The third-order valence-electron chi connectivity index (χ3n) is 5.34. The standard InChI is InChI=1S/C20H26N4O2/c1-14(26-17-6-2-3-7-17)20(25)21-16-11-9-15(10-12-16)19-23-22-18-8-4-5-13-24(18)19/h9-12,14,17H,2-8,13H2,1H3,(H,21,25)/t14-/m1/s1. The molecule has 1 aromatic heterocycles. The Kier molecular flexibility index (Phi) is 5.02. The van der Waals surface area contributed by atoms with Crippen molar-refractivity contribution < 1.29 is 9.53 Å². The number of hydrogen-bond acceptors (Lipinski definition) is 4. The summed E-state index contributed by atoms with van der Waals surface area (Å²) in [6, 6.07) is 7.81. The van der Waals surface area contributed by atoms with E-state index in [0.717, 1.165) is 48.7 Å². The molecule has 1 saturated carbocycles. The highest BCUT2D eigenvalue weighted by molar-refractivity contribution is 5.94. The van der Waals surface area contributed by atoms with Crippen LogP contribution in [0.5, 0.6) is 0 Å². The molecule has 1 aliphatic heterocycles. The second-order valence-corrected chi connectivity index (χ2v) is 7.30. The monoisotopic (exact) mass is 354 g/mol. The molecule has 4 rings (SSSR count). The molecule has 0 radical (unpaired) electrons. The number of anilines is 1. The molecular weight excluding hydrogens is 328 g/mol. The molecule has 2 heterocycles. The molecule has 0 spiro atoms. The zero-order valence-corrected chi connectivity index (χ0v) is 15.3. The average molecular weight is 354 g/mol. The summed E-state index contributed by atoms with van der Waals surface area (Å²) in [5.41, 5.74) is 1.80. The largest absolute Gasteiger partial charge is 0.365 e. The van der Waals surface area contributed by atoms with E-state index in [2.05, 4.69) is 20.1 Å². The number of nitrogens with one attached hydrogen (secondary N) is 1. The number of ether oxygens (including phenoxy) is 1. The van der Waals surface area contributed by atoms with Crippen LogP contribution in [0.4, 0.5) is 5.69 Å². The molecule has 2 aliphatic rings. The molecule has 2 aromatic rings. The number of benzene rings is 1. The lowest BCUT2D eigenvalue weighted by atomic mass is 10.1. The van der Waals surface area contributed by atoms with Crippen LogP contribution < -0.4 is 5.32 Å². The van der Waals surface area contributed by atoms with E-state index in [-0.39, 0.29) is 12.0 Å². The molecule has 1 N–H and O–H groups in total. The zero-order valence-electron chi connectivity index (χ0n) is 15.3. The molecule has 26 heavy (non-hydrogen) atoms. The number of carbonyl (C=O) groups excluding carboxylic acids is 1. The number of hydrogen-bond donors (Lipinski definition) is 1. The molecule has 0 unspecified atom stereocenters. The van der Waals surface area contributed by atoms with Gasteiger partial charge in [-0.2, -0.15) is 0 Å². The first kappa shape index (κ1) is 17.2. The molecule has 1 atom stereocenters. The maximum atomic E-state index is 12.3. The highest BCUT2D eigenvalue weighted by Crippen LogP contribution is 2.25. The summed E-state index contributed by atoms with van der Waals surface area (Å²) in [5, 5.41) is 11.6. The maximum absolute atomic E-state index is 12.3. The van der Waals surface area contributed by atoms with Gasteiger partial charge in [0.05, 0.1) is 6.10 Å². The first-order valence-corrected chi connectivity index (χ1v) is 9.69. The number of rotatable bonds is 5. The van der Waals surface area contributed by atoms with E-state index >= 15 is 0 Å². The number of aryl methyl sites for hydroxylation is 1. The van der Waals surface area contributed by atoms with Gasteiger partial charge in [-0.25, -0.2) is 0 Å². The van der Waals surface area contributed by atoms with E-state index in [1.165, 1.54) is 25.7 Å². The molecule has 138 valence electrons. The predicted molar refractivity (Wildman–Crippen MR) is 99.8 cm³/mol. The Morgan fingerprint density at radius 2 is 1.92 bits per heavy atom. The van der Waals surface area contributed by atoms with Crippen LogP contribution in [0.3, 0.4) is 0 Å². The van der Waals surface area contributed by atoms with Gasteiger partial charge in [0.1, 0.15) is 11.9 Å². The van der Waals surface area contributed by atoms with Crippen LogP contribution >= 0.6 is 0 Å². The summed E-state index contributed by atoms with van der Waals surface area (Å²) in [6.07, 6.45) is 7.69. The normalized spacial score (nSPS) is 18.5. The number of aromatic nitrogens is 3. The summed E-state index contributed by atoms with van der Waals surface area (Å²) < 4.78 is 8.06. The van der Waals surface area contributed by atoms with Crippen LogP contribution in [0.1, 0.15) is 51.3 Å². The van der Waals surface area contributed by atoms with Crippen molar-refractivity contribution in [1.29, 1.82) is 0 Å². The molecule has 0 saturated heterocycles. The quantitative estimate of drug-likeness (QED) is 0.891. The second kappa shape index (κ2) is 7.58. The van der Waals surface area contributed by atoms with Gasteiger partial charge in [0.25, 0.3) is 5.91 Å². The molecule has 0 bridgehead atoms. The Hall–Kier alpha value is -2.21. The summed E-state index contributed by atoms with van der Waals surface area (Å²) in [4.78, 5) is 12.3. The summed E-state index contributed by atoms with van der Waals surface area (Å²) in [5.74, 6) is 1.89. The van der Waals surface area contributed by atoms with Gasteiger partial charge in [-0.1, -0.05) is 12.8 Å². The van der Waals surface area contributed by atoms with Gasteiger partial charge < -0.3 is 14.6 Å². The minimum absolute atomic E-state index is 0.0930. The van der Waals surface area contributed by atoms with Crippen LogP contribution in [0.15, 0.2) is 24.3 Å². The van der Waals surface area contributed by atoms with Crippen molar-refractivity contribution in [2.45, 2.75) is 70.6 Å². The minimum Gasteiger partial charge on any atom is -0.365 e. The molecule has 6 heteroatoms. The predicted octanol–water partition coefficient (Wildman–Crippen LogP) is 3.57. The lowest BCUT2D eigenvalue weighted by Crippen LogP contribution is -2.30. The third-order valence-corrected chi connectivity index (χ3v) is 5.34. The summed E-state index contributed by atoms with van der Waals surface area (Å²) >= 11 is 0. The first-order chi connectivity index (χ1) is 12.7. The van der Waals surface area contributed by atoms with Crippen LogP contribution in [0.25, 0.3) is 11.4 Å². The van der Waals surface area contributed by atoms with Gasteiger partial charge in [0.2, 0.25) is 0 Å². The van der Waals surface area contributed by atoms with Crippen LogP contribution in [-0.2, 0) is 22.5 Å². The zero-order chi connectivity index (χ0) is 17.9. The Bertz CT molecular complexity index is 763. The van der Waals surface area contributed by atoms with Crippen molar-refractivity contribution in [2.24, 2.45) is 0 Å². The molecule has 6 nitrogen and oxygen atoms in total. The topological polar surface area (TPSA) is 69.0 Å². The highest BCUT2D eigenvalue weighted by Gasteiger charge is 2.22. The lowest BCUT2D eigenvalue weighted by Gasteiger charge is -2.18. The van der Waals surface area contributed by atoms with Crippen molar-refractivity contribution in [3.05, 3.63) is 30.1 Å². The van der Waals surface area contributed by atoms with E-state index in [1.54, 1.807) is 0 Å². The van der Waals surface area contributed by atoms with E-state index < -0.39 is 6.10 Å². The minimum atomic E-state index is -0.429. The Balaban J connectivity index is 1.39. The van der Waals surface area contributed by atoms with Crippen molar-refractivity contribution in [1.82, 2.24) is 14.8 Å². The Morgan fingerprint density at radius 1 is 1.15 bits per heavy atom. The van der Waals surface area contributed by atoms with Crippen LogP contribution in [-0.4, -0.2) is 32.9 Å². The van der Waals surface area contributed by atoms with Gasteiger partial charge >= 0.3 is 0 Å². The van der Waals surface area contributed by atoms with Crippen LogP contribution in [0, 0.1) is 0 Å². The fourth-order valence-electron chi connectivity index (χ4n) is 3.84. The third kappa shape index (κ3) is 3.65. The fraction of sp³-hybridized carbons (Fsp3) is 0.550. The van der Waals surface area contributed by atoms with Crippen molar-refractivity contribution in [3.63, 3.8) is 0 Å². The van der Waals surface area contributed by atoms with E-state index in [0.29, 0.717) is 0 Å². The highest BCUT2D eigenvalue weighted by atomic mass is 16.5. The molecule has 1 aromatic carbocycles. The van der Waals surface area contributed by atoms with Gasteiger partial charge in [0.15, 0.2) is 5.82 Å². The number of fused-ring (bicyclic) bond motifs is 1. The SMILES string of the molecule is C[C@@H](OC1CCCC1)C(=O)Nc1ccc(-c2nnc3n2CCCC3)cc1. The smallest absolute Gasteiger partial charge is 0.253 e. The average Bonchev–Trinajstić information content (AvgIpc) is 3.32. The van der Waals surface area contributed by atoms with Gasteiger partial charge in [-0.05, 0) is 56.9 Å². The van der Waals surface area contributed by atoms with Crippen molar-refractivity contribution in [2.75, 3.05) is 5.32 Å². The van der Waals surface area contributed by atoms with Crippen LogP contribution in [0.2, 0.25) is 0 Å². The van der Waals surface area contributed by atoms with Gasteiger partial charge in [0, 0.05) is 24.2 Å². The number of carbonyl (C=O) groups is 1. The first-order valence-electron chi connectivity index (χ1n) is 9.69. The molecule has 1 aliphatic carbocycles. The van der Waals surface area contributed by atoms with Gasteiger partial charge in [-0.3, -0.25) is 4.79 Å². The Morgan fingerprint density at radius 3 is 2.69 bits per heavy atom. The fourth-order valence-corrected chi connectivity index (χ4v) is 3.84. The van der Waals surface area contributed by atoms with Crippen molar-refractivity contribution >= 4 is 11.6 Å². The van der Waals surface area contributed by atoms with Gasteiger partial charge in [-0.15, -0.1) is 10.2 Å².